The summed E-state index contributed by atoms with van der Waals surface area (Å²) in [6.45, 7) is 6.67. The number of hydrogen-bond acceptors (Lipinski definition) is 7. The molecule has 190 valence electrons. The van der Waals surface area contributed by atoms with E-state index in [4.69, 9.17) is 0 Å². The molecule has 1 heterocycles. The highest BCUT2D eigenvalue weighted by Crippen LogP contribution is 2.22. The van der Waals surface area contributed by atoms with E-state index in [1.165, 1.54) is 11.3 Å². The fourth-order valence-corrected chi connectivity index (χ4v) is 4.42. The first-order valence-electron chi connectivity index (χ1n) is 11.7. The number of aliphatic hydroxyl groups excluding tert-OH is 2. The topological polar surface area (TPSA) is 114 Å². The molecule has 9 heteroatoms. The number of thiophene rings is 1. The van der Waals surface area contributed by atoms with Crippen molar-refractivity contribution in [2.45, 2.75) is 39.5 Å². The van der Waals surface area contributed by atoms with Crippen LogP contribution in [-0.2, 0) is 6.54 Å². The Bertz CT molecular complexity index is 1180. The van der Waals surface area contributed by atoms with Crippen LogP contribution >= 0.6 is 11.3 Å². The van der Waals surface area contributed by atoms with E-state index in [1.807, 2.05) is 42.2 Å². The first-order valence-corrected chi connectivity index (χ1v) is 12.6. The van der Waals surface area contributed by atoms with Crippen LogP contribution in [0.25, 0.3) is 0 Å². The standard InChI is InChI=1S/C27H32N4O4S/c1-18-7-9-21(10-8-18)12-28-30-27(35)24-16-36-17-25(24)29-26(34)23-6-4-5-22(11-23)15-31(13-19(2)32)14-20(3)33/h4-12,16-17,19-20,32-33H,13-15H2,1-3H3,(H,29,34)(H,30,35). The van der Waals surface area contributed by atoms with Crippen LogP contribution in [0.4, 0.5) is 5.69 Å². The quantitative estimate of drug-likeness (QED) is 0.233. The second-order valence-electron chi connectivity index (χ2n) is 8.86. The molecule has 3 aromatic rings. The van der Waals surface area contributed by atoms with Gasteiger partial charge in [0.15, 0.2) is 0 Å². The molecule has 0 saturated carbocycles. The lowest BCUT2D eigenvalue weighted by atomic mass is 10.1. The van der Waals surface area contributed by atoms with Gasteiger partial charge in [-0.2, -0.15) is 5.10 Å². The van der Waals surface area contributed by atoms with Crippen LogP contribution in [0.5, 0.6) is 0 Å². The highest BCUT2D eigenvalue weighted by atomic mass is 32.1. The summed E-state index contributed by atoms with van der Waals surface area (Å²) < 4.78 is 0. The summed E-state index contributed by atoms with van der Waals surface area (Å²) in [5.41, 5.74) is 6.54. The number of nitrogens with zero attached hydrogens (tertiary/aromatic N) is 2. The predicted molar refractivity (Wildman–Crippen MR) is 144 cm³/mol. The highest BCUT2D eigenvalue weighted by molar-refractivity contribution is 7.08. The van der Waals surface area contributed by atoms with Crippen LogP contribution in [0.15, 0.2) is 64.4 Å². The molecule has 8 nitrogen and oxygen atoms in total. The molecule has 36 heavy (non-hydrogen) atoms. The minimum atomic E-state index is -0.542. The van der Waals surface area contributed by atoms with Gasteiger partial charge in [-0.3, -0.25) is 14.5 Å². The van der Waals surface area contributed by atoms with Gasteiger partial charge in [0.1, 0.15) is 0 Å². The van der Waals surface area contributed by atoms with E-state index < -0.39 is 18.1 Å². The number of carbonyl (C=O) groups is 2. The lowest BCUT2D eigenvalue weighted by molar-refractivity contribution is 0.0793. The van der Waals surface area contributed by atoms with Gasteiger partial charge in [0.2, 0.25) is 0 Å². The molecule has 0 radical (unpaired) electrons. The summed E-state index contributed by atoms with van der Waals surface area (Å²) in [6.07, 6.45) is 0.477. The summed E-state index contributed by atoms with van der Waals surface area (Å²) in [6, 6.07) is 14.9. The van der Waals surface area contributed by atoms with E-state index in [1.54, 1.807) is 49.0 Å². The van der Waals surface area contributed by atoms with Crippen molar-refractivity contribution in [2.24, 2.45) is 5.10 Å². The van der Waals surface area contributed by atoms with E-state index >= 15 is 0 Å². The van der Waals surface area contributed by atoms with Gasteiger partial charge < -0.3 is 15.5 Å². The molecule has 4 N–H and O–H groups in total. The van der Waals surface area contributed by atoms with Crippen molar-refractivity contribution < 1.29 is 19.8 Å². The van der Waals surface area contributed by atoms with Gasteiger partial charge in [-0.25, -0.2) is 5.43 Å². The van der Waals surface area contributed by atoms with Gasteiger partial charge in [-0.1, -0.05) is 42.0 Å². The molecule has 0 spiro atoms. The normalized spacial score (nSPS) is 13.1. The zero-order chi connectivity index (χ0) is 26.1. The van der Waals surface area contributed by atoms with Crippen molar-refractivity contribution in [3.63, 3.8) is 0 Å². The van der Waals surface area contributed by atoms with Crippen molar-refractivity contribution in [3.05, 3.63) is 87.1 Å². The predicted octanol–water partition coefficient (Wildman–Crippen LogP) is 3.64. The van der Waals surface area contributed by atoms with Crippen molar-refractivity contribution >= 4 is 35.1 Å². The van der Waals surface area contributed by atoms with Gasteiger partial charge in [-0.05, 0) is 44.0 Å². The molecule has 2 amide bonds. The average Bonchev–Trinajstić information content (AvgIpc) is 3.28. The highest BCUT2D eigenvalue weighted by Gasteiger charge is 2.17. The van der Waals surface area contributed by atoms with Crippen LogP contribution in [0.1, 0.15) is 51.3 Å². The Morgan fingerprint density at radius 2 is 1.72 bits per heavy atom. The maximum atomic E-state index is 12.9. The van der Waals surface area contributed by atoms with Crippen LogP contribution in [0.3, 0.4) is 0 Å². The number of amides is 2. The maximum Gasteiger partial charge on any atom is 0.274 e. The van der Waals surface area contributed by atoms with Gasteiger partial charge >= 0.3 is 0 Å². The van der Waals surface area contributed by atoms with Gasteiger partial charge in [-0.15, -0.1) is 11.3 Å². The lowest BCUT2D eigenvalue weighted by Crippen LogP contribution is -2.35. The number of anilines is 1. The molecule has 0 saturated heterocycles. The Balaban J connectivity index is 1.64. The van der Waals surface area contributed by atoms with Crippen LogP contribution < -0.4 is 10.7 Å². The first kappa shape index (κ1) is 27.2. The van der Waals surface area contributed by atoms with Crippen molar-refractivity contribution in [3.8, 4) is 0 Å². The number of nitrogens with one attached hydrogen (secondary N) is 2. The van der Waals surface area contributed by atoms with Crippen molar-refractivity contribution in [2.75, 3.05) is 18.4 Å². The molecule has 1 aromatic heterocycles. The van der Waals surface area contributed by atoms with Crippen molar-refractivity contribution in [1.29, 1.82) is 0 Å². The summed E-state index contributed by atoms with van der Waals surface area (Å²) >= 11 is 1.30. The van der Waals surface area contributed by atoms with Gasteiger partial charge in [0.25, 0.3) is 11.8 Å². The Labute approximate surface area is 215 Å². The Hall–Kier alpha value is -3.37. The third kappa shape index (κ3) is 8.39. The molecule has 0 aliphatic rings. The van der Waals surface area contributed by atoms with Gasteiger partial charge in [0, 0.05) is 36.0 Å². The van der Waals surface area contributed by atoms with E-state index in [0.29, 0.717) is 36.4 Å². The van der Waals surface area contributed by atoms with Crippen LogP contribution in [0, 0.1) is 6.92 Å². The summed E-state index contributed by atoms with van der Waals surface area (Å²) in [5.74, 6) is -0.763. The van der Waals surface area contributed by atoms with E-state index in [-0.39, 0.29) is 5.91 Å². The average molecular weight is 509 g/mol. The largest absolute Gasteiger partial charge is 0.392 e. The fraction of sp³-hybridized carbons (Fsp3) is 0.296. The number of rotatable bonds is 11. The molecule has 0 bridgehead atoms. The van der Waals surface area contributed by atoms with Gasteiger partial charge in [0.05, 0.1) is 29.7 Å². The van der Waals surface area contributed by atoms with E-state index in [9.17, 15) is 19.8 Å². The second-order valence-corrected chi connectivity index (χ2v) is 9.60. The molecular weight excluding hydrogens is 476 g/mol. The second kappa shape index (κ2) is 13.1. The fourth-order valence-electron chi connectivity index (χ4n) is 3.66. The van der Waals surface area contributed by atoms with Crippen LogP contribution in [0.2, 0.25) is 0 Å². The first-order chi connectivity index (χ1) is 17.2. The Morgan fingerprint density at radius 1 is 1.03 bits per heavy atom. The summed E-state index contributed by atoms with van der Waals surface area (Å²) in [5, 5.41) is 29.7. The zero-order valence-corrected chi connectivity index (χ0v) is 21.5. The third-order valence-corrected chi connectivity index (χ3v) is 6.00. The number of hydrazone groups is 1. The number of aryl methyl sites for hydroxylation is 1. The zero-order valence-electron chi connectivity index (χ0n) is 20.6. The molecule has 0 fully saturated rings. The molecular formula is C27H32N4O4S. The monoisotopic (exact) mass is 508 g/mol. The summed E-state index contributed by atoms with van der Waals surface area (Å²) in [7, 11) is 0. The number of aliphatic hydroxyl groups is 2. The molecule has 3 rings (SSSR count). The van der Waals surface area contributed by atoms with E-state index in [2.05, 4.69) is 15.8 Å². The minimum absolute atomic E-state index is 0.325. The lowest BCUT2D eigenvalue weighted by Gasteiger charge is -2.25. The number of carbonyl (C=O) groups excluding carboxylic acids is 2. The maximum absolute atomic E-state index is 12.9. The molecule has 2 unspecified atom stereocenters. The molecule has 2 aromatic carbocycles. The van der Waals surface area contributed by atoms with E-state index in [0.717, 1.165) is 16.7 Å². The molecule has 0 aliphatic carbocycles. The Kier molecular flexibility index (Phi) is 9.89. The molecule has 2 atom stereocenters. The minimum Gasteiger partial charge on any atom is -0.392 e. The third-order valence-electron chi connectivity index (χ3n) is 5.25. The number of hydrogen-bond donors (Lipinski definition) is 4. The SMILES string of the molecule is Cc1ccc(C=NNC(=O)c2cscc2NC(=O)c2cccc(CN(CC(C)O)CC(C)O)c2)cc1. The Morgan fingerprint density at radius 3 is 2.39 bits per heavy atom. The molecule has 0 aliphatic heterocycles. The summed E-state index contributed by atoms with van der Waals surface area (Å²) in [4.78, 5) is 27.5. The van der Waals surface area contributed by atoms with Crippen LogP contribution in [-0.4, -0.2) is 58.4 Å². The smallest absolute Gasteiger partial charge is 0.274 e. The van der Waals surface area contributed by atoms with Crippen molar-refractivity contribution in [1.82, 2.24) is 10.3 Å². The number of benzene rings is 2.